The van der Waals surface area contributed by atoms with Crippen molar-refractivity contribution in [1.29, 1.82) is 0 Å². The van der Waals surface area contributed by atoms with Gasteiger partial charge in [0.25, 0.3) is 5.91 Å². The van der Waals surface area contributed by atoms with Crippen molar-refractivity contribution >= 4 is 5.91 Å². The first kappa shape index (κ1) is 9.67. The van der Waals surface area contributed by atoms with Crippen molar-refractivity contribution in [3.05, 3.63) is 35.6 Å². The summed E-state index contributed by atoms with van der Waals surface area (Å²) in [5.74, 6) is -0.974. The summed E-state index contributed by atoms with van der Waals surface area (Å²) in [5.41, 5.74) is 5.01. The zero-order valence-corrected chi connectivity index (χ0v) is 7.30. The monoisotopic (exact) mass is 182 g/mol. The summed E-state index contributed by atoms with van der Waals surface area (Å²) in [6.45, 7) is 2.43. The highest BCUT2D eigenvalue weighted by molar-refractivity contribution is 5.94. The Labute approximate surface area is 75.9 Å². The summed E-state index contributed by atoms with van der Waals surface area (Å²) in [5, 5.41) is 0. The number of nitrogens with one attached hydrogen (secondary N) is 2. The Morgan fingerprint density at radius 3 is 2.77 bits per heavy atom. The third kappa shape index (κ3) is 2.52. The summed E-state index contributed by atoms with van der Waals surface area (Å²) < 4.78 is 13.0. The van der Waals surface area contributed by atoms with E-state index in [0.29, 0.717) is 6.54 Å². The van der Waals surface area contributed by atoms with Crippen LogP contribution in [-0.4, -0.2) is 12.5 Å². The first-order chi connectivity index (χ1) is 6.25. The van der Waals surface area contributed by atoms with Gasteiger partial charge in [-0.25, -0.2) is 9.82 Å². The molecule has 0 bridgehead atoms. The molecule has 0 atom stereocenters. The van der Waals surface area contributed by atoms with Crippen LogP contribution in [0, 0.1) is 5.82 Å². The Morgan fingerprint density at radius 1 is 1.46 bits per heavy atom. The van der Waals surface area contributed by atoms with Crippen LogP contribution in [0.2, 0.25) is 0 Å². The van der Waals surface area contributed by atoms with Gasteiger partial charge < -0.3 is 0 Å². The molecule has 0 aliphatic rings. The Bertz CT molecular complexity index is 301. The standard InChI is InChI=1S/C9H11FN2O/c1-2-11-12-9(13)7-5-3-4-6-8(7)10/h3-6,11H,2H2,1H3,(H,12,13). The van der Waals surface area contributed by atoms with Gasteiger partial charge in [0.1, 0.15) is 5.82 Å². The van der Waals surface area contributed by atoms with E-state index in [1.54, 1.807) is 12.1 Å². The van der Waals surface area contributed by atoms with Gasteiger partial charge in [-0.1, -0.05) is 19.1 Å². The summed E-state index contributed by atoms with van der Waals surface area (Å²) in [4.78, 5) is 11.2. The minimum absolute atomic E-state index is 0.0449. The van der Waals surface area contributed by atoms with Crippen LogP contribution >= 0.6 is 0 Å². The molecule has 0 spiro atoms. The van der Waals surface area contributed by atoms with Crippen molar-refractivity contribution in [2.75, 3.05) is 6.54 Å². The third-order valence-corrected chi connectivity index (χ3v) is 1.50. The van der Waals surface area contributed by atoms with Crippen LogP contribution < -0.4 is 10.9 Å². The van der Waals surface area contributed by atoms with E-state index in [9.17, 15) is 9.18 Å². The lowest BCUT2D eigenvalue weighted by molar-refractivity contribution is 0.0930. The van der Waals surface area contributed by atoms with Gasteiger partial charge in [0.15, 0.2) is 0 Å². The van der Waals surface area contributed by atoms with Crippen molar-refractivity contribution < 1.29 is 9.18 Å². The smallest absolute Gasteiger partial charge is 0.268 e. The van der Waals surface area contributed by atoms with Gasteiger partial charge in [-0.2, -0.15) is 0 Å². The molecule has 1 amide bonds. The van der Waals surface area contributed by atoms with E-state index in [1.807, 2.05) is 6.92 Å². The average molecular weight is 182 g/mol. The van der Waals surface area contributed by atoms with E-state index in [1.165, 1.54) is 12.1 Å². The molecule has 0 aliphatic heterocycles. The van der Waals surface area contributed by atoms with Gasteiger partial charge in [0, 0.05) is 6.54 Å². The quantitative estimate of drug-likeness (QED) is 0.687. The minimum atomic E-state index is -0.516. The predicted octanol–water partition coefficient (Wildman–Crippen LogP) is 1.08. The van der Waals surface area contributed by atoms with Crippen LogP contribution in [0.4, 0.5) is 4.39 Å². The van der Waals surface area contributed by atoms with Crippen molar-refractivity contribution in [2.24, 2.45) is 0 Å². The summed E-state index contributed by atoms with van der Waals surface area (Å²) in [6, 6.07) is 5.84. The van der Waals surface area contributed by atoms with Gasteiger partial charge in [-0.05, 0) is 12.1 Å². The normalized spacial score (nSPS) is 9.69. The lowest BCUT2D eigenvalue weighted by atomic mass is 10.2. The average Bonchev–Trinajstić information content (AvgIpc) is 2.15. The zero-order chi connectivity index (χ0) is 9.68. The molecule has 0 aliphatic carbocycles. The maximum absolute atomic E-state index is 13.0. The molecule has 0 radical (unpaired) electrons. The zero-order valence-electron chi connectivity index (χ0n) is 7.30. The first-order valence-electron chi connectivity index (χ1n) is 4.03. The molecule has 1 aromatic carbocycles. The van der Waals surface area contributed by atoms with E-state index < -0.39 is 11.7 Å². The molecular formula is C9H11FN2O. The van der Waals surface area contributed by atoms with Crippen LogP contribution in [0.1, 0.15) is 17.3 Å². The molecule has 0 unspecified atom stereocenters. The fourth-order valence-corrected chi connectivity index (χ4v) is 0.881. The molecule has 70 valence electrons. The van der Waals surface area contributed by atoms with Gasteiger partial charge in [-0.15, -0.1) is 0 Å². The number of amides is 1. The summed E-state index contributed by atoms with van der Waals surface area (Å²) in [7, 11) is 0. The van der Waals surface area contributed by atoms with E-state index in [0.717, 1.165) is 0 Å². The highest BCUT2D eigenvalue weighted by Gasteiger charge is 2.08. The molecular weight excluding hydrogens is 171 g/mol. The second-order valence-electron chi connectivity index (χ2n) is 2.46. The van der Waals surface area contributed by atoms with Gasteiger partial charge in [0.05, 0.1) is 5.56 Å². The molecule has 0 saturated heterocycles. The Kier molecular flexibility index (Phi) is 3.40. The van der Waals surface area contributed by atoms with E-state index in [-0.39, 0.29) is 5.56 Å². The SMILES string of the molecule is CCNNC(=O)c1ccccc1F. The fourth-order valence-electron chi connectivity index (χ4n) is 0.881. The van der Waals surface area contributed by atoms with Gasteiger partial charge in [-0.3, -0.25) is 10.2 Å². The molecule has 2 N–H and O–H groups in total. The number of carbonyl (C=O) groups excluding carboxylic acids is 1. The van der Waals surface area contributed by atoms with E-state index in [2.05, 4.69) is 10.9 Å². The fraction of sp³-hybridized carbons (Fsp3) is 0.222. The molecule has 0 saturated carbocycles. The maximum atomic E-state index is 13.0. The molecule has 0 fully saturated rings. The van der Waals surface area contributed by atoms with Crippen LogP contribution in [0.5, 0.6) is 0 Å². The largest absolute Gasteiger partial charge is 0.287 e. The second kappa shape index (κ2) is 4.57. The lowest BCUT2D eigenvalue weighted by Gasteiger charge is -2.04. The maximum Gasteiger partial charge on any atom is 0.268 e. The Hall–Kier alpha value is -1.42. The van der Waals surface area contributed by atoms with Gasteiger partial charge >= 0.3 is 0 Å². The van der Waals surface area contributed by atoms with Gasteiger partial charge in [0.2, 0.25) is 0 Å². The second-order valence-corrected chi connectivity index (χ2v) is 2.46. The molecule has 0 aromatic heterocycles. The van der Waals surface area contributed by atoms with E-state index >= 15 is 0 Å². The van der Waals surface area contributed by atoms with Crippen molar-refractivity contribution in [1.82, 2.24) is 10.9 Å². The number of halogens is 1. The first-order valence-corrected chi connectivity index (χ1v) is 4.03. The van der Waals surface area contributed by atoms with Crippen LogP contribution in [0.3, 0.4) is 0 Å². The van der Waals surface area contributed by atoms with Crippen molar-refractivity contribution in [3.8, 4) is 0 Å². The van der Waals surface area contributed by atoms with Crippen LogP contribution in [0.15, 0.2) is 24.3 Å². The Morgan fingerprint density at radius 2 is 2.15 bits per heavy atom. The van der Waals surface area contributed by atoms with Crippen molar-refractivity contribution in [3.63, 3.8) is 0 Å². The predicted molar refractivity (Wildman–Crippen MR) is 47.5 cm³/mol. The number of carbonyl (C=O) groups is 1. The topological polar surface area (TPSA) is 41.1 Å². The molecule has 4 heteroatoms. The lowest BCUT2D eigenvalue weighted by Crippen LogP contribution is -2.37. The Balaban J connectivity index is 2.71. The number of hydrogen-bond donors (Lipinski definition) is 2. The number of hydrogen-bond acceptors (Lipinski definition) is 2. The summed E-state index contributed by atoms with van der Waals surface area (Å²) in [6.07, 6.45) is 0. The molecule has 1 rings (SSSR count). The third-order valence-electron chi connectivity index (χ3n) is 1.50. The molecule has 13 heavy (non-hydrogen) atoms. The molecule has 0 heterocycles. The highest BCUT2D eigenvalue weighted by Crippen LogP contribution is 2.04. The van der Waals surface area contributed by atoms with Crippen LogP contribution in [-0.2, 0) is 0 Å². The number of benzene rings is 1. The van der Waals surface area contributed by atoms with E-state index in [4.69, 9.17) is 0 Å². The highest BCUT2D eigenvalue weighted by atomic mass is 19.1. The minimum Gasteiger partial charge on any atom is -0.287 e. The van der Waals surface area contributed by atoms with Crippen molar-refractivity contribution in [2.45, 2.75) is 6.92 Å². The molecule has 1 aromatic rings. The summed E-state index contributed by atoms with van der Waals surface area (Å²) >= 11 is 0. The molecule has 3 nitrogen and oxygen atoms in total. The number of hydrazine groups is 1. The number of rotatable bonds is 3. The van der Waals surface area contributed by atoms with Crippen LogP contribution in [0.25, 0.3) is 0 Å².